The molecular formula is C15H12O2. The lowest BCUT2D eigenvalue weighted by Gasteiger charge is -1.97. The third-order valence-corrected chi connectivity index (χ3v) is 3.08. The van der Waals surface area contributed by atoms with Crippen LogP contribution in [0.1, 0.15) is 23.0 Å². The molecule has 0 atom stereocenters. The van der Waals surface area contributed by atoms with Gasteiger partial charge in [-0.25, -0.2) is 0 Å². The summed E-state index contributed by atoms with van der Waals surface area (Å²) in [6.07, 6.45) is 0. The van der Waals surface area contributed by atoms with E-state index in [0.29, 0.717) is 11.3 Å². The van der Waals surface area contributed by atoms with Crippen molar-refractivity contribution in [1.29, 1.82) is 0 Å². The van der Waals surface area contributed by atoms with Crippen molar-refractivity contribution < 1.29 is 9.21 Å². The van der Waals surface area contributed by atoms with E-state index in [1.807, 2.05) is 43.3 Å². The molecule has 0 amide bonds. The molecule has 2 heteroatoms. The molecule has 17 heavy (non-hydrogen) atoms. The lowest BCUT2D eigenvalue weighted by molar-refractivity contribution is 0.101. The minimum absolute atomic E-state index is 0.0523. The van der Waals surface area contributed by atoms with E-state index in [4.69, 9.17) is 4.42 Å². The Morgan fingerprint density at radius 3 is 2.41 bits per heavy atom. The minimum Gasteiger partial charge on any atom is -0.461 e. The summed E-state index contributed by atoms with van der Waals surface area (Å²) in [6, 6.07) is 12.1. The first-order valence-corrected chi connectivity index (χ1v) is 5.59. The zero-order valence-corrected chi connectivity index (χ0v) is 9.78. The van der Waals surface area contributed by atoms with E-state index in [2.05, 4.69) is 0 Å². The van der Waals surface area contributed by atoms with Gasteiger partial charge in [-0.3, -0.25) is 4.79 Å². The average molecular weight is 224 g/mol. The molecule has 0 unspecified atom stereocenters. The van der Waals surface area contributed by atoms with Gasteiger partial charge in [0, 0.05) is 5.39 Å². The maximum absolute atomic E-state index is 11.6. The number of carbonyl (C=O) groups excluding carboxylic acids is 1. The highest BCUT2D eigenvalue weighted by Crippen LogP contribution is 2.29. The zero-order valence-electron chi connectivity index (χ0n) is 9.78. The van der Waals surface area contributed by atoms with Crippen molar-refractivity contribution >= 4 is 27.5 Å². The molecule has 1 heterocycles. The monoisotopic (exact) mass is 224 g/mol. The Bertz CT molecular complexity index is 735. The van der Waals surface area contributed by atoms with Crippen LogP contribution < -0.4 is 0 Å². The Kier molecular flexibility index (Phi) is 2.05. The minimum atomic E-state index is 0.0523. The third-order valence-electron chi connectivity index (χ3n) is 3.08. The number of fused-ring (bicyclic) bond motifs is 2. The van der Waals surface area contributed by atoms with Crippen LogP contribution in [0.3, 0.4) is 0 Å². The molecule has 0 bridgehead atoms. The molecule has 0 N–H and O–H groups in total. The van der Waals surface area contributed by atoms with Crippen molar-refractivity contribution in [2.75, 3.05) is 0 Å². The lowest BCUT2D eigenvalue weighted by Crippen LogP contribution is -1.92. The van der Waals surface area contributed by atoms with Gasteiger partial charge in [0.1, 0.15) is 11.3 Å². The van der Waals surface area contributed by atoms with Crippen molar-refractivity contribution in [2.24, 2.45) is 0 Å². The van der Waals surface area contributed by atoms with E-state index in [0.717, 1.165) is 21.7 Å². The quantitative estimate of drug-likeness (QED) is 0.582. The number of hydrogen-bond acceptors (Lipinski definition) is 2. The largest absolute Gasteiger partial charge is 0.461 e. The van der Waals surface area contributed by atoms with Crippen molar-refractivity contribution in [1.82, 2.24) is 0 Å². The normalized spacial score (nSPS) is 11.2. The Morgan fingerprint density at radius 1 is 1.12 bits per heavy atom. The number of aryl methyl sites for hydroxylation is 1. The van der Waals surface area contributed by atoms with Crippen LogP contribution in [0, 0.1) is 6.92 Å². The van der Waals surface area contributed by atoms with Crippen molar-refractivity contribution in [3.63, 3.8) is 0 Å². The topological polar surface area (TPSA) is 30.2 Å². The van der Waals surface area contributed by atoms with Gasteiger partial charge in [-0.1, -0.05) is 24.3 Å². The van der Waals surface area contributed by atoms with Gasteiger partial charge >= 0.3 is 0 Å². The highest BCUT2D eigenvalue weighted by Gasteiger charge is 2.15. The molecule has 1 aromatic heterocycles. The van der Waals surface area contributed by atoms with Crippen LogP contribution in [0.2, 0.25) is 0 Å². The highest BCUT2D eigenvalue weighted by atomic mass is 16.3. The second-order valence-electron chi connectivity index (χ2n) is 4.28. The van der Waals surface area contributed by atoms with Gasteiger partial charge < -0.3 is 4.42 Å². The number of furan rings is 1. The summed E-state index contributed by atoms with van der Waals surface area (Å²) in [5.74, 6) is 0.749. The first-order valence-electron chi connectivity index (χ1n) is 5.59. The lowest BCUT2D eigenvalue weighted by atomic mass is 10.0. The summed E-state index contributed by atoms with van der Waals surface area (Å²) in [6.45, 7) is 3.41. The van der Waals surface area contributed by atoms with Gasteiger partial charge in [0.25, 0.3) is 0 Å². The molecule has 3 aromatic rings. The van der Waals surface area contributed by atoms with E-state index in [1.54, 1.807) is 6.92 Å². The fraction of sp³-hybridized carbons (Fsp3) is 0.133. The SMILES string of the molecule is CC(=O)c1c(C)oc2cc3ccccc3cc12. The molecule has 0 aliphatic carbocycles. The van der Waals surface area contributed by atoms with Crippen molar-refractivity contribution in [2.45, 2.75) is 13.8 Å². The molecule has 0 saturated carbocycles. The summed E-state index contributed by atoms with van der Waals surface area (Å²) < 4.78 is 5.65. The number of hydrogen-bond donors (Lipinski definition) is 0. The van der Waals surface area contributed by atoms with Crippen LogP contribution >= 0.6 is 0 Å². The number of rotatable bonds is 1. The molecule has 84 valence electrons. The first-order chi connectivity index (χ1) is 8.16. The molecule has 0 aliphatic heterocycles. The van der Waals surface area contributed by atoms with Gasteiger partial charge in [0.15, 0.2) is 5.78 Å². The van der Waals surface area contributed by atoms with E-state index in [-0.39, 0.29) is 5.78 Å². The molecular weight excluding hydrogens is 212 g/mol. The summed E-state index contributed by atoms with van der Waals surface area (Å²) >= 11 is 0. The predicted molar refractivity (Wildman–Crippen MR) is 68.5 cm³/mol. The van der Waals surface area contributed by atoms with Crippen molar-refractivity contribution in [3.8, 4) is 0 Å². The van der Waals surface area contributed by atoms with Crippen LogP contribution in [0.25, 0.3) is 21.7 Å². The standard InChI is InChI=1S/C15H12O2/c1-9(16)15-10(2)17-14-8-12-6-4-3-5-11(12)7-13(14)15/h3-8H,1-2H3. The Hall–Kier alpha value is -2.09. The number of benzene rings is 2. The van der Waals surface area contributed by atoms with E-state index >= 15 is 0 Å². The molecule has 0 radical (unpaired) electrons. The molecule has 2 nitrogen and oxygen atoms in total. The highest BCUT2D eigenvalue weighted by molar-refractivity contribution is 6.10. The summed E-state index contributed by atoms with van der Waals surface area (Å²) in [4.78, 5) is 11.6. The van der Waals surface area contributed by atoms with Crippen LogP contribution in [-0.2, 0) is 0 Å². The van der Waals surface area contributed by atoms with E-state index < -0.39 is 0 Å². The van der Waals surface area contributed by atoms with Crippen LogP contribution in [0.4, 0.5) is 0 Å². The van der Waals surface area contributed by atoms with Crippen molar-refractivity contribution in [3.05, 3.63) is 47.7 Å². The fourth-order valence-corrected chi connectivity index (χ4v) is 2.34. The maximum atomic E-state index is 11.6. The number of ketones is 1. The summed E-state index contributed by atoms with van der Waals surface area (Å²) in [7, 11) is 0. The van der Waals surface area contributed by atoms with E-state index in [9.17, 15) is 4.79 Å². The fourth-order valence-electron chi connectivity index (χ4n) is 2.34. The second kappa shape index (κ2) is 3.45. The van der Waals surface area contributed by atoms with Crippen LogP contribution in [0.5, 0.6) is 0 Å². The van der Waals surface area contributed by atoms with Gasteiger partial charge in [0.2, 0.25) is 0 Å². The van der Waals surface area contributed by atoms with Gasteiger partial charge in [0.05, 0.1) is 5.56 Å². The molecule has 0 aliphatic rings. The number of Topliss-reactive ketones (excluding diaryl/α,β-unsaturated/α-hetero) is 1. The summed E-state index contributed by atoms with van der Waals surface area (Å²) in [5.41, 5.74) is 1.48. The van der Waals surface area contributed by atoms with Gasteiger partial charge in [-0.05, 0) is 36.8 Å². The van der Waals surface area contributed by atoms with E-state index in [1.165, 1.54) is 0 Å². The van der Waals surface area contributed by atoms with Gasteiger partial charge in [-0.15, -0.1) is 0 Å². The average Bonchev–Trinajstić information content (AvgIpc) is 2.60. The molecule has 0 fully saturated rings. The summed E-state index contributed by atoms with van der Waals surface area (Å²) in [5, 5.41) is 3.17. The van der Waals surface area contributed by atoms with Crippen LogP contribution in [0.15, 0.2) is 40.8 Å². The Labute approximate surface area is 98.8 Å². The first kappa shape index (κ1) is 10.1. The number of carbonyl (C=O) groups is 1. The predicted octanol–water partition coefficient (Wildman–Crippen LogP) is 4.10. The second-order valence-corrected chi connectivity index (χ2v) is 4.28. The Balaban J connectivity index is 2.48. The molecule has 2 aromatic carbocycles. The van der Waals surface area contributed by atoms with Crippen LogP contribution in [-0.4, -0.2) is 5.78 Å². The molecule has 3 rings (SSSR count). The molecule has 0 saturated heterocycles. The third kappa shape index (κ3) is 1.45. The maximum Gasteiger partial charge on any atom is 0.163 e. The Morgan fingerprint density at radius 2 is 1.76 bits per heavy atom. The smallest absolute Gasteiger partial charge is 0.163 e. The van der Waals surface area contributed by atoms with Gasteiger partial charge in [-0.2, -0.15) is 0 Å². The zero-order chi connectivity index (χ0) is 12.0. The molecule has 0 spiro atoms.